The minimum Gasteiger partial charge on any atom is -0.462 e. The van der Waals surface area contributed by atoms with Crippen LogP contribution in [0.3, 0.4) is 0 Å². The minimum absolute atomic E-state index is 0.183. The van der Waals surface area contributed by atoms with E-state index >= 15 is 0 Å². The quantitative estimate of drug-likeness (QED) is 0.528. The first-order valence-electron chi connectivity index (χ1n) is 5.37. The highest BCUT2D eigenvalue weighted by molar-refractivity contribution is 5.87. The molecule has 0 saturated carbocycles. The van der Waals surface area contributed by atoms with Gasteiger partial charge in [-0.05, 0) is 27.7 Å². The molecule has 0 spiro atoms. The summed E-state index contributed by atoms with van der Waals surface area (Å²) < 4.78 is 10.1. The summed E-state index contributed by atoms with van der Waals surface area (Å²) in [5.74, 6) is -0.881. The molecule has 0 aromatic carbocycles. The van der Waals surface area contributed by atoms with E-state index in [1.54, 1.807) is 27.7 Å². The van der Waals surface area contributed by atoms with Crippen molar-refractivity contribution < 1.29 is 19.1 Å². The third-order valence-electron chi connectivity index (χ3n) is 2.00. The van der Waals surface area contributed by atoms with Gasteiger partial charge in [0.15, 0.2) is 0 Å². The second kappa shape index (κ2) is 6.23. The van der Waals surface area contributed by atoms with Gasteiger partial charge in [0, 0.05) is 17.6 Å². The zero-order valence-electron chi connectivity index (χ0n) is 11.0. The van der Waals surface area contributed by atoms with Gasteiger partial charge in [-0.2, -0.15) is 0 Å². The molecule has 4 nitrogen and oxygen atoms in total. The van der Waals surface area contributed by atoms with Crippen molar-refractivity contribution in [3.8, 4) is 0 Å². The molecule has 0 aliphatic carbocycles. The highest BCUT2D eigenvalue weighted by Gasteiger charge is 2.23. The molecule has 0 aliphatic rings. The maximum Gasteiger partial charge on any atom is 0.333 e. The first-order chi connectivity index (χ1) is 7.65. The van der Waals surface area contributed by atoms with E-state index in [1.165, 1.54) is 0 Å². The Labute approximate surface area is 102 Å². The fourth-order valence-electron chi connectivity index (χ4n) is 0.902. The Kier molecular flexibility index (Phi) is 5.65. The summed E-state index contributed by atoms with van der Waals surface area (Å²) in [5.41, 5.74) is 0.00418. The van der Waals surface area contributed by atoms with Crippen molar-refractivity contribution in [1.29, 1.82) is 0 Å². The molecule has 0 saturated heterocycles. The molecular formula is C13H20O4. The summed E-state index contributed by atoms with van der Waals surface area (Å²) in [4.78, 5) is 22.4. The van der Waals surface area contributed by atoms with Gasteiger partial charge in [0.2, 0.25) is 0 Å². The van der Waals surface area contributed by atoms with E-state index < -0.39 is 17.5 Å². The van der Waals surface area contributed by atoms with Crippen LogP contribution < -0.4 is 0 Å². The lowest BCUT2D eigenvalue weighted by molar-refractivity contribution is -0.154. The molecule has 0 rings (SSSR count). The fraction of sp³-hybridized carbons (Fsp3) is 0.538. The molecule has 0 aromatic heterocycles. The maximum atomic E-state index is 11.3. The van der Waals surface area contributed by atoms with Crippen LogP contribution in [0.25, 0.3) is 0 Å². The van der Waals surface area contributed by atoms with E-state index in [0.29, 0.717) is 17.6 Å². The summed E-state index contributed by atoms with van der Waals surface area (Å²) in [6, 6.07) is 0. The van der Waals surface area contributed by atoms with Gasteiger partial charge in [-0.3, -0.25) is 0 Å². The van der Waals surface area contributed by atoms with Crippen molar-refractivity contribution in [2.45, 2.75) is 39.7 Å². The van der Waals surface area contributed by atoms with E-state index in [2.05, 4.69) is 13.2 Å². The van der Waals surface area contributed by atoms with Crippen molar-refractivity contribution in [3.63, 3.8) is 0 Å². The highest BCUT2D eigenvalue weighted by atomic mass is 16.6. The summed E-state index contributed by atoms with van der Waals surface area (Å²) in [5, 5.41) is 0. The summed E-state index contributed by atoms with van der Waals surface area (Å²) in [6.07, 6.45) is 0.422. The predicted octanol–water partition coefficient (Wildman–Crippen LogP) is 2.39. The largest absolute Gasteiger partial charge is 0.462 e. The van der Waals surface area contributed by atoms with Crippen LogP contribution in [-0.2, 0) is 19.1 Å². The normalized spacial score (nSPS) is 10.6. The second-order valence-electron chi connectivity index (χ2n) is 4.60. The first kappa shape index (κ1) is 15.4. The topological polar surface area (TPSA) is 52.6 Å². The monoisotopic (exact) mass is 240 g/mol. The van der Waals surface area contributed by atoms with Gasteiger partial charge in [0.05, 0.1) is 6.61 Å². The van der Waals surface area contributed by atoms with Gasteiger partial charge < -0.3 is 9.47 Å². The Bertz CT molecular complexity index is 339. The van der Waals surface area contributed by atoms with Crippen molar-refractivity contribution >= 4 is 11.9 Å². The zero-order chi connectivity index (χ0) is 13.6. The lowest BCUT2D eigenvalue weighted by Crippen LogP contribution is -2.30. The van der Waals surface area contributed by atoms with Crippen molar-refractivity contribution in [2.24, 2.45) is 0 Å². The average Bonchev–Trinajstić information content (AvgIpc) is 2.15. The summed E-state index contributed by atoms with van der Waals surface area (Å²) in [7, 11) is 0. The molecule has 0 N–H and O–H groups in total. The van der Waals surface area contributed by atoms with E-state index in [-0.39, 0.29) is 6.61 Å². The summed E-state index contributed by atoms with van der Waals surface area (Å²) in [6.45, 7) is 13.8. The molecule has 0 aliphatic heterocycles. The number of carbonyl (C=O) groups excluding carboxylic acids is 2. The van der Waals surface area contributed by atoms with Crippen LogP contribution in [0.4, 0.5) is 0 Å². The smallest absolute Gasteiger partial charge is 0.333 e. The van der Waals surface area contributed by atoms with Crippen LogP contribution in [0.15, 0.2) is 24.3 Å². The van der Waals surface area contributed by atoms with Gasteiger partial charge in [0.25, 0.3) is 0 Å². The molecule has 0 radical (unpaired) electrons. The number of hydrogen-bond acceptors (Lipinski definition) is 4. The Morgan fingerprint density at radius 2 is 1.53 bits per heavy atom. The predicted molar refractivity (Wildman–Crippen MR) is 65.4 cm³/mol. The molecule has 4 heteroatoms. The molecule has 0 amide bonds. The highest BCUT2D eigenvalue weighted by Crippen LogP contribution is 2.16. The lowest BCUT2D eigenvalue weighted by atomic mass is 10.1. The third-order valence-corrected chi connectivity index (χ3v) is 2.00. The number of esters is 2. The van der Waals surface area contributed by atoms with Gasteiger partial charge in [-0.1, -0.05) is 13.2 Å². The van der Waals surface area contributed by atoms with Crippen LogP contribution >= 0.6 is 0 Å². The van der Waals surface area contributed by atoms with Gasteiger partial charge in [-0.25, -0.2) is 9.59 Å². The van der Waals surface area contributed by atoms with Crippen LogP contribution in [-0.4, -0.2) is 24.1 Å². The lowest BCUT2D eigenvalue weighted by Gasteiger charge is -2.24. The van der Waals surface area contributed by atoms with Crippen molar-refractivity contribution in [2.75, 3.05) is 6.61 Å². The Morgan fingerprint density at radius 1 is 1.06 bits per heavy atom. The standard InChI is InChI=1S/C13H20O4/c1-9(2)11(14)16-8-7-13(5,6)17-12(15)10(3)4/h1,3,7-8H2,2,4-6H3. The van der Waals surface area contributed by atoms with Crippen LogP contribution in [0.1, 0.15) is 34.1 Å². The molecule has 0 unspecified atom stereocenters. The van der Waals surface area contributed by atoms with Gasteiger partial charge in [0.1, 0.15) is 5.60 Å². The van der Waals surface area contributed by atoms with Crippen molar-refractivity contribution in [3.05, 3.63) is 24.3 Å². The van der Waals surface area contributed by atoms with Gasteiger partial charge >= 0.3 is 11.9 Å². The SMILES string of the molecule is C=C(C)C(=O)OCCC(C)(C)OC(=O)C(=C)C. The van der Waals surface area contributed by atoms with Crippen LogP contribution in [0, 0.1) is 0 Å². The van der Waals surface area contributed by atoms with Gasteiger partial charge in [-0.15, -0.1) is 0 Å². The first-order valence-corrected chi connectivity index (χ1v) is 5.37. The average molecular weight is 240 g/mol. The minimum atomic E-state index is -0.689. The Balaban J connectivity index is 4.10. The molecule has 0 heterocycles. The second-order valence-corrected chi connectivity index (χ2v) is 4.60. The summed E-state index contributed by atoms with van der Waals surface area (Å²) >= 11 is 0. The maximum absolute atomic E-state index is 11.3. The van der Waals surface area contributed by atoms with E-state index in [1.807, 2.05) is 0 Å². The van der Waals surface area contributed by atoms with Crippen LogP contribution in [0.5, 0.6) is 0 Å². The Hall–Kier alpha value is -1.58. The van der Waals surface area contributed by atoms with Crippen LogP contribution in [0.2, 0.25) is 0 Å². The third kappa shape index (κ3) is 6.56. The van der Waals surface area contributed by atoms with Crippen molar-refractivity contribution in [1.82, 2.24) is 0 Å². The van der Waals surface area contributed by atoms with E-state index in [0.717, 1.165) is 0 Å². The van der Waals surface area contributed by atoms with E-state index in [9.17, 15) is 9.59 Å². The number of hydrogen-bond donors (Lipinski definition) is 0. The molecule has 0 aromatic rings. The number of rotatable bonds is 6. The molecule has 96 valence electrons. The number of carbonyl (C=O) groups is 2. The Morgan fingerprint density at radius 3 is 1.94 bits per heavy atom. The molecule has 0 bridgehead atoms. The molecule has 0 fully saturated rings. The number of ether oxygens (including phenoxy) is 2. The molecular weight excluding hydrogens is 220 g/mol. The zero-order valence-corrected chi connectivity index (χ0v) is 11.0. The molecule has 17 heavy (non-hydrogen) atoms. The van der Waals surface area contributed by atoms with E-state index in [4.69, 9.17) is 9.47 Å². The fourth-order valence-corrected chi connectivity index (χ4v) is 0.902. The molecule has 0 atom stereocenters.